The van der Waals surface area contributed by atoms with E-state index in [4.69, 9.17) is 4.74 Å². The molecule has 1 atom stereocenters. The number of aromatic nitrogens is 3. The molecule has 0 bridgehead atoms. The van der Waals surface area contributed by atoms with E-state index in [1.54, 1.807) is 4.90 Å². The van der Waals surface area contributed by atoms with Gasteiger partial charge < -0.3 is 4.74 Å². The average Bonchev–Trinajstić information content (AvgIpc) is 2.93. The highest BCUT2D eigenvalue weighted by Gasteiger charge is 2.35. The second-order valence-electron chi connectivity index (χ2n) is 6.88. The van der Waals surface area contributed by atoms with Gasteiger partial charge in [0, 0.05) is 17.5 Å². The van der Waals surface area contributed by atoms with E-state index < -0.39 is 6.23 Å². The molecule has 0 fully saturated rings. The standard InChI is InChI=1S/C23H24N4O2S/c1-4-15-11-13-16(14-12-15)22-27(19(28)5-2)18-10-8-7-9-17(18)20-21(29-22)24-23(26-25-20)30-6-3/h7-14,22H,4-6H2,1-3H3. The predicted octanol–water partition coefficient (Wildman–Crippen LogP) is 5.05. The summed E-state index contributed by atoms with van der Waals surface area (Å²) in [5.41, 5.74) is 4.20. The molecular weight excluding hydrogens is 396 g/mol. The molecule has 0 saturated carbocycles. The van der Waals surface area contributed by atoms with E-state index in [1.165, 1.54) is 17.3 Å². The number of nitrogens with zero attached hydrogens (tertiary/aromatic N) is 4. The normalized spacial score (nSPS) is 15.0. The molecule has 6 nitrogen and oxygen atoms in total. The van der Waals surface area contributed by atoms with Crippen LogP contribution in [0.5, 0.6) is 5.88 Å². The number of anilines is 1. The van der Waals surface area contributed by atoms with Crippen LogP contribution in [0.4, 0.5) is 5.69 Å². The highest BCUT2D eigenvalue weighted by Crippen LogP contribution is 2.43. The Kier molecular flexibility index (Phi) is 5.99. The minimum atomic E-state index is -0.637. The molecule has 30 heavy (non-hydrogen) atoms. The van der Waals surface area contributed by atoms with Crippen molar-refractivity contribution in [2.24, 2.45) is 0 Å². The minimum absolute atomic E-state index is 0.0315. The molecule has 3 aromatic rings. The van der Waals surface area contributed by atoms with Crippen LogP contribution < -0.4 is 9.64 Å². The molecule has 1 amide bonds. The van der Waals surface area contributed by atoms with Gasteiger partial charge in [0.2, 0.25) is 23.2 Å². The molecule has 2 heterocycles. The van der Waals surface area contributed by atoms with Crippen LogP contribution in [-0.2, 0) is 11.2 Å². The first kappa shape index (κ1) is 20.3. The Morgan fingerprint density at radius 2 is 1.83 bits per heavy atom. The van der Waals surface area contributed by atoms with E-state index in [2.05, 4.69) is 34.2 Å². The van der Waals surface area contributed by atoms with Crippen LogP contribution in [0, 0.1) is 0 Å². The van der Waals surface area contributed by atoms with Gasteiger partial charge in [-0.2, -0.15) is 4.98 Å². The number of hydrogen-bond acceptors (Lipinski definition) is 6. The fourth-order valence-electron chi connectivity index (χ4n) is 3.48. The van der Waals surface area contributed by atoms with Crippen molar-refractivity contribution in [3.8, 4) is 17.1 Å². The van der Waals surface area contributed by atoms with Gasteiger partial charge in [-0.25, -0.2) is 0 Å². The Morgan fingerprint density at radius 3 is 2.53 bits per heavy atom. The Labute approximate surface area is 180 Å². The Morgan fingerprint density at radius 1 is 1.07 bits per heavy atom. The third-order valence-corrected chi connectivity index (χ3v) is 5.75. The second-order valence-corrected chi connectivity index (χ2v) is 8.11. The molecule has 4 rings (SSSR count). The summed E-state index contributed by atoms with van der Waals surface area (Å²) < 4.78 is 6.40. The van der Waals surface area contributed by atoms with Crippen LogP contribution in [0.15, 0.2) is 53.7 Å². The van der Waals surface area contributed by atoms with E-state index in [9.17, 15) is 4.79 Å². The Balaban J connectivity index is 1.92. The maximum atomic E-state index is 13.1. The van der Waals surface area contributed by atoms with E-state index >= 15 is 0 Å². The maximum Gasteiger partial charge on any atom is 0.247 e. The summed E-state index contributed by atoms with van der Waals surface area (Å²) in [7, 11) is 0. The fraction of sp³-hybridized carbons (Fsp3) is 0.304. The number of benzene rings is 2. The Hall–Kier alpha value is -2.93. The molecule has 1 unspecified atom stereocenters. The molecule has 7 heteroatoms. The molecule has 0 N–H and O–H groups in total. The van der Waals surface area contributed by atoms with Gasteiger partial charge in [0.05, 0.1) is 5.69 Å². The molecule has 0 aliphatic carbocycles. The topological polar surface area (TPSA) is 68.2 Å². The largest absolute Gasteiger partial charge is 0.447 e. The van der Waals surface area contributed by atoms with E-state index in [0.717, 1.165) is 29.0 Å². The first-order valence-electron chi connectivity index (χ1n) is 10.2. The molecular formula is C23H24N4O2S. The number of carbonyl (C=O) groups is 1. The van der Waals surface area contributed by atoms with Gasteiger partial charge in [-0.1, -0.05) is 75.0 Å². The van der Waals surface area contributed by atoms with Gasteiger partial charge in [-0.15, -0.1) is 10.2 Å². The van der Waals surface area contributed by atoms with Crippen LogP contribution in [0.1, 0.15) is 44.5 Å². The van der Waals surface area contributed by atoms with Crippen molar-refractivity contribution in [3.05, 3.63) is 59.7 Å². The van der Waals surface area contributed by atoms with Crippen molar-refractivity contribution in [2.75, 3.05) is 10.7 Å². The number of ether oxygens (including phenoxy) is 1. The molecule has 0 saturated heterocycles. The lowest BCUT2D eigenvalue weighted by Crippen LogP contribution is -2.37. The predicted molar refractivity (Wildman–Crippen MR) is 119 cm³/mol. The molecule has 2 aromatic carbocycles. The maximum absolute atomic E-state index is 13.1. The van der Waals surface area contributed by atoms with Gasteiger partial charge in [0.15, 0.2) is 5.69 Å². The summed E-state index contributed by atoms with van der Waals surface area (Å²) in [6.07, 6.45) is 0.666. The lowest BCUT2D eigenvalue weighted by molar-refractivity contribution is -0.120. The summed E-state index contributed by atoms with van der Waals surface area (Å²) in [5.74, 6) is 1.19. The Bertz CT molecular complexity index is 1060. The quantitative estimate of drug-likeness (QED) is 0.538. The van der Waals surface area contributed by atoms with Gasteiger partial charge in [-0.05, 0) is 23.8 Å². The van der Waals surface area contributed by atoms with Gasteiger partial charge in [0.25, 0.3) is 0 Å². The monoisotopic (exact) mass is 420 g/mol. The summed E-state index contributed by atoms with van der Waals surface area (Å²) in [5, 5.41) is 9.23. The zero-order valence-corrected chi connectivity index (χ0v) is 18.1. The highest BCUT2D eigenvalue weighted by atomic mass is 32.2. The summed E-state index contributed by atoms with van der Waals surface area (Å²) in [6.45, 7) is 6.01. The number of hydrogen-bond donors (Lipinski definition) is 0. The fourth-order valence-corrected chi connectivity index (χ4v) is 3.98. The van der Waals surface area contributed by atoms with Crippen molar-refractivity contribution in [1.82, 2.24) is 15.2 Å². The molecule has 154 valence electrons. The molecule has 1 aliphatic rings. The van der Waals surface area contributed by atoms with Crippen LogP contribution in [0.2, 0.25) is 0 Å². The van der Waals surface area contributed by atoms with E-state index in [-0.39, 0.29) is 5.91 Å². The van der Waals surface area contributed by atoms with Crippen LogP contribution >= 0.6 is 11.8 Å². The van der Waals surface area contributed by atoms with Crippen LogP contribution in [0.25, 0.3) is 11.3 Å². The molecule has 1 aromatic heterocycles. The first-order valence-corrected chi connectivity index (χ1v) is 11.2. The second kappa shape index (κ2) is 8.83. The van der Waals surface area contributed by atoms with Gasteiger partial charge in [0.1, 0.15) is 0 Å². The number of amides is 1. The summed E-state index contributed by atoms with van der Waals surface area (Å²) >= 11 is 1.50. The molecule has 1 aliphatic heterocycles. The van der Waals surface area contributed by atoms with Gasteiger partial charge >= 0.3 is 0 Å². The van der Waals surface area contributed by atoms with E-state index in [1.807, 2.05) is 50.2 Å². The van der Waals surface area contributed by atoms with E-state index in [0.29, 0.717) is 23.2 Å². The SMILES string of the molecule is CCSc1nnc2c(n1)OC(c1ccc(CC)cc1)N(C(=O)CC)c1ccccc1-2. The number of thioether (sulfide) groups is 1. The number of rotatable bonds is 5. The van der Waals surface area contributed by atoms with Crippen molar-refractivity contribution in [1.29, 1.82) is 0 Å². The van der Waals surface area contributed by atoms with Crippen molar-refractivity contribution >= 4 is 23.4 Å². The minimum Gasteiger partial charge on any atom is -0.447 e. The summed E-state index contributed by atoms with van der Waals surface area (Å²) in [6, 6.07) is 15.9. The zero-order valence-electron chi connectivity index (χ0n) is 17.3. The van der Waals surface area contributed by atoms with Crippen LogP contribution in [0.3, 0.4) is 0 Å². The average molecular weight is 421 g/mol. The number of fused-ring (bicyclic) bond motifs is 3. The third-order valence-electron chi connectivity index (χ3n) is 5.03. The lowest BCUT2D eigenvalue weighted by atomic mass is 10.1. The molecule has 0 radical (unpaired) electrons. The van der Waals surface area contributed by atoms with Crippen molar-refractivity contribution in [3.63, 3.8) is 0 Å². The number of carbonyl (C=O) groups excluding carboxylic acids is 1. The molecule has 0 spiro atoms. The summed E-state index contributed by atoms with van der Waals surface area (Å²) in [4.78, 5) is 19.4. The first-order chi connectivity index (χ1) is 14.7. The number of para-hydroxylation sites is 1. The van der Waals surface area contributed by atoms with Gasteiger partial charge in [-0.3, -0.25) is 9.69 Å². The van der Waals surface area contributed by atoms with Crippen LogP contribution in [-0.4, -0.2) is 26.8 Å². The number of aryl methyl sites for hydroxylation is 1. The van der Waals surface area contributed by atoms with Crippen molar-refractivity contribution < 1.29 is 9.53 Å². The van der Waals surface area contributed by atoms with Crippen molar-refractivity contribution in [2.45, 2.75) is 45.0 Å². The lowest BCUT2D eigenvalue weighted by Gasteiger charge is -2.30. The zero-order chi connectivity index (χ0) is 21.1. The third kappa shape index (κ3) is 3.77. The smallest absolute Gasteiger partial charge is 0.247 e. The highest BCUT2D eigenvalue weighted by molar-refractivity contribution is 7.99.